The molecule has 0 saturated carbocycles. The summed E-state index contributed by atoms with van der Waals surface area (Å²) >= 11 is 0. The fourth-order valence-corrected chi connectivity index (χ4v) is 2.47. The highest BCUT2D eigenvalue weighted by Crippen LogP contribution is 2.40. The molecular formula is C16H14O2. The minimum atomic E-state index is -0.277. The fourth-order valence-electron chi connectivity index (χ4n) is 2.47. The van der Waals surface area contributed by atoms with Crippen LogP contribution in [0.15, 0.2) is 42.5 Å². The van der Waals surface area contributed by atoms with Gasteiger partial charge >= 0.3 is 5.97 Å². The monoisotopic (exact) mass is 238 g/mol. The molecule has 2 heteroatoms. The fraction of sp³-hybridized carbons (Fsp3) is 0.188. The third kappa shape index (κ3) is 1.61. The minimum absolute atomic E-state index is 0.176. The van der Waals surface area contributed by atoms with Crippen molar-refractivity contribution in [3.05, 3.63) is 64.7 Å². The molecule has 2 aromatic carbocycles. The van der Waals surface area contributed by atoms with Crippen molar-refractivity contribution in [2.45, 2.75) is 19.8 Å². The van der Waals surface area contributed by atoms with Crippen LogP contribution in [0.2, 0.25) is 0 Å². The van der Waals surface area contributed by atoms with Crippen molar-refractivity contribution < 1.29 is 9.53 Å². The van der Waals surface area contributed by atoms with Gasteiger partial charge in [-0.05, 0) is 31.0 Å². The molecule has 90 valence electrons. The average molecular weight is 238 g/mol. The van der Waals surface area contributed by atoms with E-state index in [1.54, 1.807) is 0 Å². The topological polar surface area (TPSA) is 26.3 Å². The largest absolute Gasteiger partial charge is 0.425 e. The van der Waals surface area contributed by atoms with Gasteiger partial charge in [-0.25, -0.2) is 0 Å². The Bertz CT molecular complexity index is 629. The van der Waals surface area contributed by atoms with E-state index in [-0.39, 0.29) is 11.9 Å². The summed E-state index contributed by atoms with van der Waals surface area (Å²) in [6.45, 7) is 4.07. The van der Waals surface area contributed by atoms with Crippen molar-refractivity contribution in [1.82, 2.24) is 0 Å². The van der Waals surface area contributed by atoms with E-state index in [1.807, 2.05) is 38.1 Å². The van der Waals surface area contributed by atoms with Gasteiger partial charge in [0.05, 0.1) is 0 Å². The maximum Gasteiger partial charge on any atom is 0.323 e. The first-order valence-electron chi connectivity index (χ1n) is 6.04. The second-order valence-corrected chi connectivity index (χ2v) is 4.75. The van der Waals surface area contributed by atoms with Gasteiger partial charge in [0, 0.05) is 5.56 Å². The average Bonchev–Trinajstić information content (AvgIpc) is 2.68. The number of ether oxygens (including phenoxy) is 1. The third-order valence-corrected chi connectivity index (χ3v) is 3.42. The molecule has 0 fully saturated rings. The Balaban J connectivity index is 2.17. The van der Waals surface area contributed by atoms with Crippen LogP contribution < -0.4 is 4.74 Å². The lowest BCUT2D eigenvalue weighted by atomic mass is 9.89. The Morgan fingerprint density at radius 2 is 1.78 bits per heavy atom. The molecule has 0 amide bonds. The molecule has 1 atom stereocenters. The molecule has 1 aliphatic heterocycles. The molecule has 0 N–H and O–H groups in total. The second kappa shape index (κ2) is 3.98. The SMILES string of the molecule is Cc1ccc(C)c(C2C(=O)Oc3ccccc32)c1. The van der Waals surface area contributed by atoms with Crippen LogP contribution >= 0.6 is 0 Å². The number of carbonyl (C=O) groups is 1. The van der Waals surface area contributed by atoms with Crippen LogP contribution in [-0.4, -0.2) is 5.97 Å². The molecule has 2 nitrogen and oxygen atoms in total. The zero-order chi connectivity index (χ0) is 12.7. The summed E-state index contributed by atoms with van der Waals surface area (Å²) in [5.41, 5.74) is 4.30. The maximum absolute atomic E-state index is 12.1. The van der Waals surface area contributed by atoms with Crippen molar-refractivity contribution in [2.75, 3.05) is 0 Å². The van der Waals surface area contributed by atoms with E-state index in [1.165, 1.54) is 0 Å². The lowest BCUT2D eigenvalue weighted by Crippen LogP contribution is -2.12. The van der Waals surface area contributed by atoms with Gasteiger partial charge in [-0.2, -0.15) is 0 Å². The number of para-hydroxylation sites is 1. The lowest BCUT2D eigenvalue weighted by molar-refractivity contribution is -0.133. The van der Waals surface area contributed by atoms with Crippen LogP contribution in [0.1, 0.15) is 28.2 Å². The highest BCUT2D eigenvalue weighted by Gasteiger charge is 2.34. The summed E-state index contributed by atoms with van der Waals surface area (Å²) in [5, 5.41) is 0. The van der Waals surface area contributed by atoms with Gasteiger partial charge in [0.25, 0.3) is 0 Å². The van der Waals surface area contributed by atoms with E-state index < -0.39 is 0 Å². The molecule has 1 aliphatic rings. The van der Waals surface area contributed by atoms with Crippen LogP contribution in [0.3, 0.4) is 0 Å². The standard InChI is InChI=1S/C16H14O2/c1-10-7-8-11(2)13(9-10)15-12-5-3-4-6-14(12)18-16(15)17/h3-9,15H,1-2H3. The first kappa shape index (κ1) is 11.0. The van der Waals surface area contributed by atoms with Crippen molar-refractivity contribution in [1.29, 1.82) is 0 Å². The highest BCUT2D eigenvalue weighted by molar-refractivity contribution is 5.89. The molecule has 1 heterocycles. The van der Waals surface area contributed by atoms with Gasteiger partial charge in [0.2, 0.25) is 0 Å². The summed E-state index contributed by atoms with van der Waals surface area (Å²) < 4.78 is 5.33. The zero-order valence-corrected chi connectivity index (χ0v) is 10.4. The van der Waals surface area contributed by atoms with E-state index in [4.69, 9.17) is 4.74 Å². The Morgan fingerprint density at radius 3 is 2.61 bits per heavy atom. The number of hydrogen-bond acceptors (Lipinski definition) is 2. The highest BCUT2D eigenvalue weighted by atomic mass is 16.5. The van der Waals surface area contributed by atoms with Crippen LogP contribution in [-0.2, 0) is 4.79 Å². The molecule has 1 unspecified atom stereocenters. The zero-order valence-electron chi connectivity index (χ0n) is 10.4. The van der Waals surface area contributed by atoms with E-state index >= 15 is 0 Å². The van der Waals surface area contributed by atoms with Crippen molar-refractivity contribution in [3.63, 3.8) is 0 Å². The molecule has 0 spiro atoms. The molecule has 0 aromatic heterocycles. The van der Waals surface area contributed by atoms with E-state index in [0.29, 0.717) is 5.75 Å². The predicted octanol–water partition coefficient (Wildman–Crippen LogP) is 3.35. The number of hydrogen-bond donors (Lipinski definition) is 0. The summed E-state index contributed by atoms with van der Waals surface area (Å²) in [7, 11) is 0. The normalized spacial score (nSPS) is 17.4. The van der Waals surface area contributed by atoms with Crippen molar-refractivity contribution in [3.8, 4) is 5.75 Å². The first-order chi connectivity index (χ1) is 8.66. The Morgan fingerprint density at radius 1 is 1.00 bits per heavy atom. The lowest BCUT2D eigenvalue weighted by Gasteiger charge is -2.12. The van der Waals surface area contributed by atoms with Gasteiger partial charge in [0.15, 0.2) is 0 Å². The summed E-state index contributed by atoms with van der Waals surface area (Å²) in [4.78, 5) is 12.1. The van der Waals surface area contributed by atoms with Crippen molar-refractivity contribution >= 4 is 5.97 Å². The number of benzene rings is 2. The number of carbonyl (C=O) groups excluding carboxylic acids is 1. The van der Waals surface area contributed by atoms with Crippen molar-refractivity contribution in [2.24, 2.45) is 0 Å². The minimum Gasteiger partial charge on any atom is -0.425 e. The van der Waals surface area contributed by atoms with Gasteiger partial charge in [-0.3, -0.25) is 4.79 Å². The second-order valence-electron chi connectivity index (χ2n) is 4.75. The smallest absolute Gasteiger partial charge is 0.323 e. The molecule has 18 heavy (non-hydrogen) atoms. The molecule has 0 radical (unpaired) electrons. The Kier molecular flexibility index (Phi) is 2.44. The van der Waals surface area contributed by atoms with Gasteiger partial charge in [0.1, 0.15) is 11.7 Å². The molecule has 2 aromatic rings. The first-order valence-corrected chi connectivity index (χ1v) is 6.04. The quantitative estimate of drug-likeness (QED) is 0.562. The number of rotatable bonds is 1. The Labute approximate surface area is 106 Å². The van der Waals surface area contributed by atoms with Crippen LogP contribution in [0.25, 0.3) is 0 Å². The molecule has 3 rings (SSSR count). The molecule has 0 bridgehead atoms. The Hall–Kier alpha value is -2.09. The number of aryl methyl sites for hydroxylation is 2. The van der Waals surface area contributed by atoms with Gasteiger partial charge < -0.3 is 4.74 Å². The summed E-state index contributed by atoms with van der Waals surface area (Å²) in [6.07, 6.45) is 0. The van der Waals surface area contributed by atoms with Crippen LogP contribution in [0.4, 0.5) is 0 Å². The molecule has 0 aliphatic carbocycles. The molecular weight excluding hydrogens is 224 g/mol. The van der Waals surface area contributed by atoms with E-state index in [9.17, 15) is 4.79 Å². The van der Waals surface area contributed by atoms with Gasteiger partial charge in [-0.1, -0.05) is 42.0 Å². The third-order valence-electron chi connectivity index (χ3n) is 3.42. The van der Waals surface area contributed by atoms with Gasteiger partial charge in [-0.15, -0.1) is 0 Å². The summed E-state index contributed by atoms with van der Waals surface area (Å²) in [6, 6.07) is 13.8. The van der Waals surface area contributed by atoms with E-state index in [0.717, 1.165) is 22.3 Å². The predicted molar refractivity (Wildman–Crippen MR) is 69.8 cm³/mol. The number of fused-ring (bicyclic) bond motifs is 1. The molecule has 0 saturated heterocycles. The maximum atomic E-state index is 12.1. The van der Waals surface area contributed by atoms with Crippen LogP contribution in [0, 0.1) is 13.8 Å². The number of esters is 1. The summed E-state index contributed by atoms with van der Waals surface area (Å²) in [5.74, 6) is 0.236. The van der Waals surface area contributed by atoms with E-state index in [2.05, 4.69) is 18.2 Å². The van der Waals surface area contributed by atoms with Crippen LogP contribution in [0.5, 0.6) is 5.75 Å².